The van der Waals surface area contributed by atoms with E-state index in [9.17, 15) is 13.2 Å². The number of fused-ring (bicyclic) bond motifs is 1. The molecule has 1 aromatic carbocycles. The Kier molecular flexibility index (Phi) is 5.73. The molecule has 0 spiro atoms. The van der Waals surface area contributed by atoms with Gasteiger partial charge in [-0.25, -0.2) is 13.1 Å². The zero-order valence-corrected chi connectivity index (χ0v) is 17.7. The molecule has 1 saturated heterocycles. The quantitative estimate of drug-likeness (QED) is 0.710. The molecule has 2 aromatic rings. The third-order valence-electron chi connectivity index (χ3n) is 4.89. The number of hydrogen-bond acceptors (Lipinski definition) is 7. The van der Waals surface area contributed by atoms with E-state index in [1.54, 1.807) is 40.7 Å². The number of nitrogens with zero attached hydrogens (tertiary/aromatic N) is 2. The van der Waals surface area contributed by atoms with Crippen LogP contribution < -0.4 is 14.8 Å². The number of benzene rings is 1. The van der Waals surface area contributed by atoms with Gasteiger partial charge in [0.05, 0.1) is 29.8 Å². The first-order valence-electron chi connectivity index (χ1n) is 9.49. The van der Waals surface area contributed by atoms with Gasteiger partial charge in [0, 0.05) is 17.1 Å². The maximum atomic E-state index is 12.5. The third kappa shape index (κ3) is 4.53. The van der Waals surface area contributed by atoms with E-state index >= 15 is 0 Å². The lowest BCUT2D eigenvalue weighted by Crippen LogP contribution is -2.24. The normalized spacial score (nSPS) is 19.7. The summed E-state index contributed by atoms with van der Waals surface area (Å²) < 4.78 is 36.4. The summed E-state index contributed by atoms with van der Waals surface area (Å²) in [5, 5.41) is 7.50. The predicted octanol–water partition coefficient (Wildman–Crippen LogP) is 2.41. The van der Waals surface area contributed by atoms with Gasteiger partial charge in [0.2, 0.25) is 0 Å². The Balaban J connectivity index is 1.44. The SMILES string of the molecule is CCOc1ccc(OCC(=O)Nc2c3c(nn2C2CCS(=O)(=O)C2)CSC3)cc1. The number of hydrogen-bond donors (Lipinski definition) is 1. The van der Waals surface area contributed by atoms with E-state index in [-0.39, 0.29) is 30.1 Å². The molecule has 0 saturated carbocycles. The smallest absolute Gasteiger partial charge is 0.263 e. The molecule has 3 heterocycles. The summed E-state index contributed by atoms with van der Waals surface area (Å²) in [5.41, 5.74) is 1.90. The van der Waals surface area contributed by atoms with Crippen LogP contribution in [0.5, 0.6) is 11.5 Å². The summed E-state index contributed by atoms with van der Waals surface area (Å²) in [6.45, 7) is 2.35. The van der Waals surface area contributed by atoms with Crippen molar-refractivity contribution in [3.63, 3.8) is 0 Å². The molecular formula is C19H23N3O5S2. The molecule has 0 aliphatic carbocycles. The minimum Gasteiger partial charge on any atom is -0.494 e. The molecule has 1 N–H and O–H groups in total. The van der Waals surface area contributed by atoms with Crippen LogP contribution in [0.4, 0.5) is 5.82 Å². The minimum atomic E-state index is -3.05. The Morgan fingerprint density at radius 3 is 2.62 bits per heavy atom. The highest BCUT2D eigenvalue weighted by atomic mass is 32.2. The number of amides is 1. The van der Waals surface area contributed by atoms with E-state index in [1.807, 2.05) is 6.92 Å². The minimum absolute atomic E-state index is 0.0618. The van der Waals surface area contributed by atoms with Gasteiger partial charge in [-0.15, -0.1) is 0 Å². The van der Waals surface area contributed by atoms with Gasteiger partial charge in [-0.2, -0.15) is 16.9 Å². The number of anilines is 1. The Hall–Kier alpha value is -2.20. The number of sulfone groups is 1. The molecule has 29 heavy (non-hydrogen) atoms. The van der Waals surface area contributed by atoms with E-state index in [0.717, 1.165) is 28.5 Å². The molecule has 0 radical (unpaired) electrons. The largest absolute Gasteiger partial charge is 0.494 e. The van der Waals surface area contributed by atoms with E-state index in [4.69, 9.17) is 9.47 Å². The predicted molar refractivity (Wildman–Crippen MR) is 111 cm³/mol. The Morgan fingerprint density at radius 2 is 1.97 bits per heavy atom. The average Bonchev–Trinajstić information content (AvgIpc) is 3.37. The molecule has 4 rings (SSSR count). The van der Waals surface area contributed by atoms with Crippen LogP contribution in [0.1, 0.15) is 30.6 Å². The fourth-order valence-corrected chi connectivity index (χ4v) is 6.24. The van der Waals surface area contributed by atoms with Gasteiger partial charge in [-0.3, -0.25) is 4.79 Å². The average molecular weight is 438 g/mol. The van der Waals surface area contributed by atoms with Crippen LogP contribution in [0.2, 0.25) is 0 Å². The third-order valence-corrected chi connectivity index (χ3v) is 7.61. The number of carbonyl (C=O) groups is 1. The molecule has 0 bridgehead atoms. The van der Waals surface area contributed by atoms with E-state index in [2.05, 4.69) is 10.4 Å². The van der Waals surface area contributed by atoms with Gasteiger partial charge in [0.15, 0.2) is 16.4 Å². The van der Waals surface area contributed by atoms with Crippen molar-refractivity contribution in [3.8, 4) is 11.5 Å². The highest BCUT2D eigenvalue weighted by Gasteiger charge is 2.34. The first-order valence-corrected chi connectivity index (χ1v) is 12.5. The molecule has 1 unspecified atom stereocenters. The van der Waals surface area contributed by atoms with E-state index in [0.29, 0.717) is 24.6 Å². The fourth-order valence-electron chi connectivity index (χ4n) is 3.51. The maximum Gasteiger partial charge on any atom is 0.263 e. The highest BCUT2D eigenvalue weighted by molar-refractivity contribution is 7.98. The molecular weight excluding hydrogens is 414 g/mol. The summed E-state index contributed by atoms with van der Waals surface area (Å²) in [5.74, 6) is 3.36. The molecule has 1 amide bonds. The Bertz CT molecular complexity index is 1000. The topological polar surface area (TPSA) is 99.5 Å². The van der Waals surface area contributed by atoms with Crippen LogP contribution in [0.3, 0.4) is 0 Å². The molecule has 1 aromatic heterocycles. The Morgan fingerprint density at radius 1 is 1.24 bits per heavy atom. The first-order chi connectivity index (χ1) is 13.9. The lowest BCUT2D eigenvalue weighted by molar-refractivity contribution is -0.118. The van der Waals surface area contributed by atoms with Crippen LogP contribution in [0.25, 0.3) is 0 Å². The van der Waals surface area contributed by atoms with Gasteiger partial charge in [0.25, 0.3) is 5.91 Å². The number of nitrogens with one attached hydrogen (secondary N) is 1. The molecule has 10 heteroatoms. The molecule has 2 aliphatic heterocycles. The zero-order chi connectivity index (χ0) is 20.4. The van der Waals surface area contributed by atoms with Crippen molar-refractivity contribution in [2.45, 2.75) is 30.9 Å². The van der Waals surface area contributed by atoms with E-state index in [1.165, 1.54) is 0 Å². The van der Waals surface area contributed by atoms with Crippen molar-refractivity contribution in [3.05, 3.63) is 35.5 Å². The number of rotatable bonds is 7. The summed E-state index contributed by atoms with van der Waals surface area (Å²) >= 11 is 1.73. The van der Waals surface area contributed by atoms with Crippen molar-refractivity contribution in [2.75, 3.05) is 30.0 Å². The Labute approximate surface area is 173 Å². The summed E-state index contributed by atoms with van der Waals surface area (Å²) in [6.07, 6.45) is 0.515. The zero-order valence-electron chi connectivity index (χ0n) is 16.1. The van der Waals surface area contributed by atoms with Crippen LogP contribution in [0, 0.1) is 0 Å². The molecule has 1 fully saturated rings. The van der Waals surface area contributed by atoms with Crippen molar-refractivity contribution in [1.82, 2.24) is 9.78 Å². The summed E-state index contributed by atoms with van der Waals surface area (Å²) in [4.78, 5) is 12.5. The van der Waals surface area contributed by atoms with Crippen molar-refractivity contribution in [2.24, 2.45) is 0 Å². The second kappa shape index (κ2) is 8.27. The van der Waals surface area contributed by atoms with Crippen LogP contribution in [-0.2, 0) is 26.1 Å². The van der Waals surface area contributed by atoms with Crippen molar-refractivity contribution in [1.29, 1.82) is 0 Å². The second-order valence-corrected chi connectivity index (χ2v) is 10.2. The van der Waals surface area contributed by atoms with Crippen LogP contribution in [-0.4, -0.2) is 48.8 Å². The van der Waals surface area contributed by atoms with Gasteiger partial charge in [-0.1, -0.05) is 0 Å². The monoisotopic (exact) mass is 437 g/mol. The number of ether oxygens (including phenoxy) is 2. The van der Waals surface area contributed by atoms with Crippen molar-refractivity contribution < 1.29 is 22.7 Å². The number of carbonyl (C=O) groups excluding carboxylic acids is 1. The summed E-state index contributed by atoms with van der Waals surface area (Å²) in [6, 6.07) is 6.84. The lowest BCUT2D eigenvalue weighted by Gasteiger charge is -2.15. The molecule has 2 aliphatic rings. The molecule has 1 atom stereocenters. The van der Waals surface area contributed by atoms with Gasteiger partial charge in [0.1, 0.15) is 17.3 Å². The van der Waals surface area contributed by atoms with E-state index < -0.39 is 9.84 Å². The van der Waals surface area contributed by atoms with Gasteiger partial charge >= 0.3 is 0 Å². The number of thioether (sulfide) groups is 1. The van der Waals surface area contributed by atoms with Crippen molar-refractivity contribution >= 4 is 33.3 Å². The second-order valence-electron chi connectivity index (χ2n) is 7.01. The number of aromatic nitrogens is 2. The van der Waals surface area contributed by atoms with Gasteiger partial charge < -0.3 is 14.8 Å². The maximum absolute atomic E-state index is 12.5. The molecule has 8 nitrogen and oxygen atoms in total. The first kappa shape index (κ1) is 20.1. The standard InChI is InChI=1S/C19H23N3O5S2/c1-2-26-14-3-5-15(6-4-14)27-9-18(23)20-19-16-10-28-11-17(16)21-22(19)13-7-8-29(24,25)12-13/h3-6,13H,2,7-12H2,1H3,(H,20,23). The fraction of sp³-hybridized carbons (Fsp3) is 0.474. The van der Waals surface area contributed by atoms with Crippen LogP contribution >= 0.6 is 11.8 Å². The van der Waals surface area contributed by atoms with Crippen LogP contribution in [0.15, 0.2) is 24.3 Å². The molecule has 156 valence electrons. The lowest BCUT2D eigenvalue weighted by atomic mass is 10.2. The summed E-state index contributed by atoms with van der Waals surface area (Å²) in [7, 11) is -3.05. The highest BCUT2D eigenvalue weighted by Crippen LogP contribution is 2.38. The van der Waals surface area contributed by atoms with Gasteiger partial charge in [-0.05, 0) is 37.6 Å².